The lowest BCUT2D eigenvalue weighted by Gasteiger charge is -2.12. The van der Waals surface area contributed by atoms with Gasteiger partial charge in [-0.15, -0.1) is 0 Å². The number of methoxy groups -OCH3 is 1. The summed E-state index contributed by atoms with van der Waals surface area (Å²) in [4.78, 5) is 12.2. The molecule has 0 bridgehead atoms. The molecule has 0 radical (unpaired) electrons. The van der Waals surface area contributed by atoms with Crippen LogP contribution in [0, 0.1) is 0 Å². The zero-order valence-corrected chi connectivity index (χ0v) is 15.8. The second kappa shape index (κ2) is 9.50. The Morgan fingerprint density at radius 2 is 1.68 bits per heavy atom. The lowest BCUT2D eigenvalue weighted by Crippen LogP contribution is -2.19. The monoisotopic (exact) mass is 345 g/mol. The van der Waals surface area contributed by atoms with Crippen molar-refractivity contribution in [2.24, 2.45) is 7.05 Å². The van der Waals surface area contributed by atoms with E-state index in [1.807, 2.05) is 18.2 Å². The van der Waals surface area contributed by atoms with Gasteiger partial charge in [-0.25, -0.2) is 0 Å². The number of aromatic hydroxyl groups is 1. The van der Waals surface area contributed by atoms with Gasteiger partial charge in [0, 0.05) is 12.4 Å². The van der Waals surface area contributed by atoms with Crippen molar-refractivity contribution in [3.05, 3.63) is 34.1 Å². The molecule has 4 heteroatoms. The molecule has 1 aromatic heterocycles. The van der Waals surface area contributed by atoms with Crippen molar-refractivity contribution in [2.45, 2.75) is 64.7 Å². The second-order valence-electron chi connectivity index (χ2n) is 6.82. The number of aryl methyl sites for hydroxylation is 2. The highest BCUT2D eigenvalue weighted by molar-refractivity contribution is 5.88. The third kappa shape index (κ3) is 4.77. The maximum Gasteiger partial charge on any atom is 0.297 e. The molecular weight excluding hydrogens is 314 g/mol. The van der Waals surface area contributed by atoms with Crippen LogP contribution in [0.5, 0.6) is 11.5 Å². The molecule has 0 fully saturated rings. The molecule has 138 valence electrons. The molecule has 25 heavy (non-hydrogen) atoms. The van der Waals surface area contributed by atoms with Crippen LogP contribution in [-0.2, 0) is 13.5 Å². The number of ether oxygens (including phenoxy) is 1. The van der Waals surface area contributed by atoms with Gasteiger partial charge in [-0.1, -0.05) is 57.9 Å². The number of hydrogen-bond donors (Lipinski definition) is 1. The van der Waals surface area contributed by atoms with Crippen molar-refractivity contribution in [1.29, 1.82) is 0 Å². The average molecular weight is 345 g/mol. The van der Waals surface area contributed by atoms with Gasteiger partial charge in [0.25, 0.3) is 5.56 Å². The molecule has 2 rings (SSSR count). The Morgan fingerprint density at radius 1 is 1.04 bits per heavy atom. The maximum atomic E-state index is 12.2. The predicted molar refractivity (Wildman–Crippen MR) is 104 cm³/mol. The SMILES string of the molecule is CCCCCCCCCCc1ccc2c(O)c(OC)c(=O)n(C)c2c1. The van der Waals surface area contributed by atoms with Crippen LogP contribution in [0.25, 0.3) is 10.9 Å². The highest BCUT2D eigenvalue weighted by Crippen LogP contribution is 2.31. The van der Waals surface area contributed by atoms with Crippen molar-refractivity contribution in [3.8, 4) is 11.5 Å². The summed E-state index contributed by atoms with van der Waals surface area (Å²) in [6.07, 6.45) is 11.4. The first-order valence-electron chi connectivity index (χ1n) is 9.48. The van der Waals surface area contributed by atoms with Crippen molar-refractivity contribution in [1.82, 2.24) is 4.57 Å². The van der Waals surface area contributed by atoms with Crippen molar-refractivity contribution in [2.75, 3.05) is 7.11 Å². The van der Waals surface area contributed by atoms with Gasteiger partial charge in [0.05, 0.1) is 12.6 Å². The maximum absolute atomic E-state index is 12.2. The summed E-state index contributed by atoms with van der Waals surface area (Å²) in [5.74, 6) is -0.0648. The van der Waals surface area contributed by atoms with Crippen LogP contribution in [0.1, 0.15) is 63.9 Å². The quantitative estimate of drug-likeness (QED) is 0.621. The standard InChI is InChI=1S/C21H31NO3/c1-4-5-6-7-8-9-10-11-12-16-13-14-17-18(15-16)22(2)21(24)20(25-3)19(17)23/h13-15,23H,4-12H2,1-3H3. The van der Waals surface area contributed by atoms with E-state index < -0.39 is 0 Å². The number of benzene rings is 1. The molecule has 0 unspecified atom stereocenters. The fourth-order valence-corrected chi connectivity index (χ4v) is 3.34. The summed E-state index contributed by atoms with van der Waals surface area (Å²) in [5, 5.41) is 10.9. The number of rotatable bonds is 10. The van der Waals surface area contributed by atoms with Crippen LogP contribution < -0.4 is 10.3 Å². The van der Waals surface area contributed by atoms with E-state index in [0.717, 1.165) is 18.4 Å². The largest absolute Gasteiger partial charge is 0.504 e. The number of nitrogens with zero attached hydrogens (tertiary/aromatic N) is 1. The van der Waals surface area contributed by atoms with Gasteiger partial charge in [-0.2, -0.15) is 0 Å². The fraction of sp³-hybridized carbons (Fsp3) is 0.571. The average Bonchev–Trinajstić information content (AvgIpc) is 2.62. The van der Waals surface area contributed by atoms with Gasteiger partial charge >= 0.3 is 0 Å². The molecule has 0 spiro atoms. The lowest BCUT2D eigenvalue weighted by atomic mass is 10.0. The minimum atomic E-state index is -0.309. The highest BCUT2D eigenvalue weighted by Gasteiger charge is 2.15. The van der Waals surface area contributed by atoms with Gasteiger partial charge in [0.2, 0.25) is 5.75 Å². The Hall–Kier alpha value is -1.97. The van der Waals surface area contributed by atoms with E-state index >= 15 is 0 Å². The molecule has 0 aliphatic rings. The van der Waals surface area contributed by atoms with Crippen LogP contribution in [0.15, 0.2) is 23.0 Å². The highest BCUT2D eigenvalue weighted by atomic mass is 16.5. The van der Waals surface area contributed by atoms with Crippen LogP contribution >= 0.6 is 0 Å². The first-order valence-corrected chi connectivity index (χ1v) is 9.48. The zero-order valence-electron chi connectivity index (χ0n) is 15.8. The normalized spacial score (nSPS) is 11.2. The summed E-state index contributed by atoms with van der Waals surface area (Å²) >= 11 is 0. The van der Waals surface area contributed by atoms with Crippen molar-refractivity contribution >= 4 is 10.9 Å². The van der Waals surface area contributed by atoms with E-state index in [0.29, 0.717) is 5.39 Å². The van der Waals surface area contributed by atoms with Gasteiger partial charge in [0.15, 0.2) is 5.75 Å². The summed E-state index contributed by atoms with van der Waals surface area (Å²) in [5.41, 5.74) is 1.65. The lowest BCUT2D eigenvalue weighted by molar-refractivity contribution is 0.368. The molecule has 0 amide bonds. The van der Waals surface area contributed by atoms with Crippen LogP contribution in [0.4, 0.5) is 0 Å². The fourth-order valence-electron chi connectivity index (χ4n) is 3.34. The van der Waals surface area contributed by atoms with E-state index in [2.05, 4.69) is 6.92 Å². The molecule has 0 aliphatic carbocycles. The molecule has 0 aliphatic heterocycles. The Bertz CT molecular complexity index is 749. The predicted octanol–water partition coefficient (Wildman–Crippen LogP) is 4.94. The van der Waals surface area contributed by atoms with Gasteiger partial charge in [-0.3, -0.25) is 4.79 Å². The Morgan fingerprint density at radius 3 is 2.32 bits per heavy atom. The number of unbranched alkanes of at least 4 members (excludes halogenated alkanes) is 7. The summed E-state index contributed by atoms with van der Waals surface area (Å²) in [6.45, 7) is 2.25. The first kappa shape index (κ1) is 19.4. The second-order valence-corrected chi connectivity index (χ2v) is 6.82. The molecule has 0 saturated heterocycles. The van der Waals surface area contributed by atoms with E-state index in [9.17, 15) is 9.90 Å². The van der Waals surface area contributed by atoms with Crippen LogP contribution in [0.3, 0.4) is 0 Å². The summed E-state index contributed by atoms with van der Waals surface area (Å²) < 4.78 is 6.59. The minimum absolute atomic E-state index is 0.00539. The molecule has 0 saturated carbocycles. The number of pyridine rings is 1. The Balaban J connectivity index is 1.97. The minimum Gasteiger partial charge on any atom is -0.504 e. The Labute approximate surface area is 150 Å². The molecule has 2 aromatic rings. The van der Waals surface area contributed by atoms with E-state index in [1.54, 1.807) is 11.6 Å². The molecule has 4 nitrogen and oxygen atoms in total. The summed E-state index contributed by atoms with van der Waals surface area (Å²) in [7, 11) is 3.12. The topological polar surface area (TPSA) is 51.5 Å². The third-order valence-electron chi connectivity index (χ3n) is 4.92. The number of aromatic nitrogens is 1. The Kier molecular flexibility index (Phi) is 7.35. The van der Waals surface area contributed by atoms with Crippen LogP contribution in [0.2, 0.25) is 0 Å². The van der Waals surface area contributed by atoms with Gasteiger partial charge in [-0.05, 0) is 30.5 Å². The number of hydrogen-bond acceptors (Lipinski definition) is 3. The molecule has 1 heterocycles. The molecule has 1 aromatic carbocycles. The van der Waals surface area contributed by atoms with Crippen molar-refractivity contribution in [3.63, 3.8) is 0 Å². The molecule has 0 atom stereocenters. The van der Waals surface area contributed by atoms with E-state index in [1.165, 1.54) is 57.6 Å². The molecular formula is C21H31NO3. The number of fused-ring (bicyclic) bond motifs is 1. The van der Waals surface area contributed by atoms with Gasteiger partial charge < -0.3 is 14.4 Å². The van der Waals surface area contributed by atoms with E-state index in [-0.39, 0.29) is 17.1 Å². The smallest absolute Gasteiger partial charge is 0.297 e. The molecule has 1 N–H and O–H groups in total. The zero-order chi connectivity index (χ0) is 18.2. The van der Waals surface area contributed by atoms with Gasteiger partial charge in [0.1, 0.15) is 0 Å². The van der Waals surface area contributed by atoms with Crippen molar-refractivity contribution < 1.29 is 9.84 Å². The van der Waals surface area contributed by atoms with E-state index in [4.69, 9.17) is 4.74 Å². The van der Waals surface area contributed by atoms with Crippen LogP contribution in [-0.4, -0.2) is 16.8 Å². The first-order chi connectivity index (χ1) is 12.1. The third-order valence-corrected chi connectivity index (χ3v) is 4.92. The summed E-state index contributed by atoms with van der Waals surface area (Å²) in [6, 6.07) is 5.93.